The molecule has 0 radical (unpaired) electrons. The highest BCUT2D eigenvalue weighted by molar-refractivity contribution is 5.86. The molecule has 0 N–H and O–H groups in total. The van der Waals surface area contributed by atoms with E-state index in [-0.39, 0.29) is 12.6 Å². The third-order valence-corrected chi connectivity index (χ3v) is 2.74. The van der Waals surface area contributed by atoms with E-state index in [0.717, 1.165) is 5.56 Å². The van der Waals surface area contributed by atoms with Gasteiger partial charge in [0.1, 0.15) is 12.2 Å². The Bertz CT molecular complexity index is 492. The minimum absolute atomic E-state index is 0.221. The van der Waals surface area contributed by atoms with E-state index < -0.39 is 17.7 Å². The fraction of sp³-hybridized carbons (Fsp3) is 0.467. The second kappa shape index (κ2) is 5.53. The van der Waals surface area contributed by atoms with Crippen molar-refractivity contribution in [1.82, 2.24) is 4.90 Å². The van der Waals surface area contributed by atoms with Gasteiger partial charge in [-0.15, -0.1) is 0 Å². The molecule has 1 saturated heterocycles. The molecular formula is C15H19NO4. The van der Waals surface area contributed by atoms with Crippen molar-refractivity contribution < 1.29 is 19.1 Å². The zero-order valence-corrected chi connectivity index (χ0v) is 12.0. The Morgan fingerprint density at radius 3 is 2.50 bits per heavy atom. The Morgan fingerprint density at radius 1 is 1.25 bits per heavy atom. The summed E-state index contributed by atoms with van der Waals surface area (Å²) >= 11 is 0. The van der Waals surface area contributed by atoms with Gasteiger partial charge in [0.15, 0.2) is 6.04 Å². The van der Waals surface area contributed by atoms with E-state index in [1.165, 1.54) is 4.90 Å². The maximum absolute atomic E-state index is 11.8. The molecule has 1 unspecified atom stereocenters. The number of hydrogen-bond donors (Lipinski definition) is 0. The third kappa shape index (κ3) is 3.98. The van der Waals surface area contributed by atoms with E-state index in [4.69, 9.17) is 9.47 Å². The van der Waals surface area contributed by atoms with E-state index in [2.05, 4.69) is 0 Å². The van der Waals surface area contributed by atoms with Gasteiger partial charge in [0.05, 0.1) is 6.54 Å². The molecule has 1 fully saturated rings. The van der Waals surface area contributed by atoms with Gasteiger partial charge in [-0.2, -0.15) is 0 Å². The number of ether oxygens (including phenoxy) is 2. The highest BCUT2D eigenvalue weighted by atomic mass is 16.6. The van der Waals surface area contributed by atoms with E-state index in [1.807, 2.05) is 30.3 Å². The number of rotatable bonds is 3. The minimum atomic E-state index is -0.557. The average Bonchev–Trinajstić information content (AvgIpc) is 3.15. The van der Waals surface area contributed by atoms with Crippen LogP contribution in [0.25, 0.3) is 0 Å². The van der Waals surface area contributed by atoms with Crippen LogP contribution in [0.4, 0.5) is 4.79 Å². The monoisotopic (exact) mass is 277 g/mol. The maximum atomic E-state index is 11.8. The number of hydrogen-bond acceptors (Lipinski definition) is 4. The standard InChI is InChI=1S/C15H19NO4/c1-15(2,3)20-14(18)16-9-12(16)13(17)19-10-11-7-5-4-6-8-11/h4-8,12H,9-10H2,1-3H3. The predicted octanol–water partition coefficient (Wildman–Crippen LogP) is 2.35. The van der Waals surface area contributed by atoms with Crippen molar-refractivity contribution in [2.24, 2.45) is 0 Å². The Hall–Kier alpha value is -2.04. The number of nitrogens with zero attached hydrogens (tertiary/aromatic N) is 1. The molecule has 1 aliphatic rings. The summed E-state index contributed by atoms with van der Waals surface area (Å²) in [5.74, 6) is -0.389. The Morgan fingerprint density at radius 2 is 1.90 bits per heavy atom. The third-order valence-electron chi connectivity index (χ3n) is 2.74. The first-order valence-corrected chi connectivity index (χ1v) is 6.57. The van der Waals surface area contributed by atoms with Gasteiger partial charge in [-0.05, 0) is 26.3 Å². The highest BCUT2D eigenvalue weighted by Crippen LogP contribution is 2.23. The van der Waals surface area contributed by atoms with Crippen LogP contribution in [0.15, 0.2) is 30.3 Å². The van der Waals surface area contributed by atoms with Crippen LogP contribution in [0.5, 0.6) is 0 Å². The average molecular weight is 277 g/mol. The van der Waals surface area contributed by atoms with Crippen molar-refractivity contribution in [3.05, 3.63) is 35.9 Å². The van der Waals surface area contributed by atoms with Gasteiger partial charge in [-0.25, -0.2) is 9.59 Å². The van der Waals surface area contributed by atoms with Gasteiger partial charge in [-0.3, -0.25) is 4.90 Å². The lowest BCUT2D eigenvalue weighted by molar-refractivity contribution is -0.145. The summed E-state index contributed by atoms with van der Waals surface area (Å²) in [6, 6.07) is 8.92. The summed E-state index contributed by atoms with van der Waals surface area (Å²) in [4.78, 5) is 24.9. The molecule has 1 heterocycles. The second-order valence-corrected chi connectivity index (χ2v) is 5.74. The van der Waals surface area contributed by atoms with Crippen LogP contribution in [-0.2, 0) is 20.9 Å². The van der Waals surface area contributed by atoms with Crippen LogP contribution in [0.3, 0.4) is 0 Å². The first kappa shape index (κ1) is 14.4. The van der Waals surface area contributed by atoms with Crippen LogP contribution in [0.2, 0.25) is 0 Å². The lowest BCUT2D eigenvalue weighted by atomic mass is 10.2. The van der Waals surface area contributed by atoms with Crippen LogP contribution in [0, 0.1) is 0 Å². The number of esters is 1. The molecule has 0 aromatic heterocycles. The summed E-state index contributed by atoms with van der Waals surface area (Å²) in [6.45, 7) is 5.95. The molecule has 1 amide bonds. The molecule has 1 aromatic rings. The van der Waals surface area contributed by atoms with Crippen molar-refractivity contribution in [3.63, 3.8) is 0 Å². The van der Waals surface area contributed by atoms with E-state index >= 15 is 0 Å². The van der Waals surface area contributed by atoms with Crippen LogP contribution >= 0.6 is 0 Å². The summed E-state index contributed by atoms with van der Waals surface area (Å²) in [6.07, 6.45) is -0.473. The minimum Gasteiger partial charge on any atom is -0.459 e. The number of benzene rings is 1. The maximum Gasteiger partial charge on any atom is 0.411 e. The molecule has 0 spiro atoms. The molecule has 0 bridgehead atoms. The van der Waals surface area contributed by atoms with Crippen molar-refractivity contribution >= 4 is 12.1 Å². The Balaban J connectivity index is 1.77. The van der Waals surface area contributed by atoms with Gasteiger partial charge in [0, 0.05) is 0 Å². The lowest BCUT2D eigenvalue weighted by Gasteiger charge is -2.19. The van der Waals surface area contributed by atoms with Gasteiger partial charge in [0.25, 0.3) is 0 Å². The van der Waals surface area contributed by atoms with Crippen LogP contribution < -0.4 is 0 Å². The summed E-state index contributed by atoms with van der Waals surface area (Å²) in [7, 11) is 0. The zero-order valence-electron chi connectivity index (χ0n) is 12.0. The van der Waals surface area contributed by atoms with Gasteiger partial charge >= 0.3 is 12.1 Å². The van der Waals surface area contributed by atoms with Crippen molar-refractivity contribution in [2.45, 2.75) is 39.0 Å². The van der Waals surface area contributed by atoms with E-state index in [1.54, 1.807) is 20.8 Å². The number of carbonyl (C=O) groups is 2. The second-order valence-electron chi connectivity index (χ2n) is 5.74. The molecule has 5 nitrogen and oxygen atoms in total. The summed E-state index contributed by atoms with van der Waals surface area (Å²) in [5, 5.41) is 0. The topological polar surface area (TPSA) is 55.6 Å². The first-order valence-electron chi connectivity index (χ1n) is 6.57. The first-order chi connectivity index (χ1) is 9.37. The molecule has 108 valence electrons. The molecular weight excluding hydrogens is 258 g/mol. The molecule has 0 saturated carbocycles. The molecule has 5 heteroatoms. The molecule has 1 aliphatic heterocycles. The molecule has 2 rings (SSSR count). The summed E-state index contributed by atoms with van der Waals surface area (Å²) < 4.78 is 10.4. The normalized spacial score (nSPS) is 17.6. The molecule has 1 atom stereocenters. The number of carbonyl (C=O) groups excluding carboxylic acids is 2. The van der Waals surface area contributed by atoms with Gasteiger partial charge in [-0.1, -0.05) is 30.3 Å². The van der Waals surface area contributed by atoms with Gasteiger partial charge < -0.3 is 9.47 Å². The van der Waals surface area contributed by atoms with Crippen molar-refractivity contribution in [1.29, 1.82) is 0 Å². The van der Waals surface area contributed by atoms with Crippen molar-refractivity contribution in [3.8, 4) is 0 Å². The highest BCUT2D eigenvalue weighted by Gasteiger charge is 2.47. The largest absolute Gasteiger partial charge is 0.459 e. The van der Waals surface area contributed by atoms with Crippen molar-refractivity contribution in [2.75, 3.05) is 6.54 Å². The predicted molar refractivity (Wildman–Crippen MR) is 73.0 cm³/mol. The molecule has 20 heavy (non-hydrogen) atoms. The summed E-state index contributed by atoms with van der Waals surface area (Å²) in [5.41, 5.74) is 0.364. The van der Waals surface area contributed by atoms with Gasteiger partial charge in [0.2, 0.25) is 0 Å². The molecule has 1 aromatic carbocycles. The zero-order chi connectivity index (χ0) is 14.8. The quantitative estimate of drug-likeness (QED) is 0.628. The van der Waals surface area contributed by atoms with Crippen LogP contribution in [0.1, 0.15) is 26.3 Å². The Labute approximate surface area is 118 Å². The SMILES string of the molecule is CC(C)(C)OC(=O)N1CC1C(=O)OCc1ccccc1. The van der Waals surface area contributed by atoms with Crippen LogP contribution in [-0.4, -0.2) is 35.2 Å². The number of amides is 1. The lowest BCUT2D eigenvalue weighted by Crippen LogP contribution is -2.29. The fourth-order valence-electron chi connectivity index (χ4n) is 1.69. The smallest absolute Gasteiger partial charge is 0.411 e. The van der Waals surface area contributed by atoms with E-state index in [0.29, 0.717) is 6.54 Å². The Kier molecular flexibility index (Phi) is 3.97. The van der Waals surface area contributed by atoms with E-state index in [9.17, 15) is 9.59 Å². The molecule has 0 aliphatic carbocycles. The fourth-order valence-corrected chi connectivity index (χ4v) is 1.69.